The summed E-state index contributed by atoms with van der Waals surface area (Å²) in [6.45, 7) is 13.1. The largest absolute Gasteiger partial charge is 0.493 e. The van der Waals surface area contributed by atoms with Crippen LogP contribution in [0.1, 0.15) is 51.8 Å². The average Bonchev–Trinajstić information content (AvgIpc) is 2.94. The Morgan fingerprint density at radius 2 is 1.83 bits per heavy atom. The van der Waals surface area contributed by atoms with Gasteiger partial charge in [0.1, 0.15) is 12.4 Å². The van der Waals surface area contributed by atoms with Crippen molar-refractivity contribution in [1.82, 2.24) is 9.97 Å². The van der Waals surface area contributed by atoms with Crippen molar-refractivity contribution >= 4 is 17.3 Å². The Balaban J connectivity index is 1.55. The molecule has 1 fully saturated rings. The lowest BCUT2D eigenvalue weighted by molar-refractivity contribution is -0.146. The van der Waals surface area contributed by atoms with Crippen molar-refractivity contribution in [3.63, 3.8) is 0 Å². The second kappa shape index (κ2) is 13.4. The number of carbonyl (C=O) groups excluding carboxylic acids is 1. The Labute approximate surface area is 248 Å². The molecule has 1 aliphatic heterocycles. The fourth-order valence-electron chi connectivity index (χ4n) is 5.13. The van der Waals surface area contributed by atoms with Gasteiger partial charge in [-0.25, -0.2) is 4.39 Å². The summed E-state index contributed by atoms with van der Waals surface area (Å²) in [6.07, 6.45) is 5.82. The molecule has 0 unspecified atom stereocenters. The van der Waals surface area contributed by atoms with E-state index in [4.69, 9.17) is 19.2 Å². The summed E-state index contributed by atoms with van der Waals surface area (Å²) in [6, 6.07) is 8.24. The summed E-state index contributed by atoms with van der Waals surface area (Å²) in [5, 5.41) is 0. The number of esters is 1. The number of piperidine rings is 1. The Kier molecular flexibility index (Phi) is 9.91. The molecule has 0 spiro atoms. The number of likely N-dealkylation sites (N-methyl/N-ethyl adjacent to an activating group) is 1. The summed E-state index contributed by atoms with van der Waals surface area (Å²) in [5.41, 5.74) is 5.66. The standard InChI is InChI=1S/C33H43FN4O4/c1-22(2)42-31(39)19-26-23(3)35-21-27(32(26)38-14-12-33(4,5)13-15-38)28-10-9-25(20-36-28)37(6)16-17-41-29-11-8-24(34)18-30(29)40-7/h8-11,18,20-22H,12-17,19H2,1-7H3. The number of hydrogen-bond donors (Lipinski definition) is 0. The van der Waals surface area contributed by atoms with Gasteiger partial charge in [0.15, 0.2) is 11.5 Å². The maximum absolute atomic E-state index is 13.5. The molecule has 0 saturated carbocycles. The summed E-state index contributed by atoms with van der Waals surface area (Å²) in [7, 11) is 3.46. The van der Waals surface area contributed by atoms with Gasteiger partial charge in [0.2, 0.25) is 0 Å². The first kappa shape index (κ1) is 31.1. The molecule has 4 rings (SSSR count). The second-order valence-electron chi connectivity index (χ2n) is 11.9. The van der Waals surface area contributed by atoms with Crippen LogP contribution in [-0.4, -0.2) is 62.4 Å². The first-order valence-corrected chi connectivity index (χ1v) is 14.5. The van der Waals surface area contributed by atoms with E-state index in [0.29, 0.717) is 24.7 Å². The number of aromatic nitrogens is 2. The number of rotatable bonds is 11. The summed E-state index contributed by atoms with van der Waals surface area (Å²) in [5.74, 6) is 0.229. The number of benzene rings is 1. The molecule has 3 aromatic rings. The van der Waals surface area contributed by atoms with Crippen LogP contribution in [-0.2, 0) is 16.0 Å². The Morgan fingerprint density at radius 3 is 2.48 bits per heavy atom. The van der Waals surface area contributed by atoms with Crippen molar-refractivity contribution in [2.75, 3.05) is 50.2 Å². The van der Waals surface area contributed by atoms with E-state index in [2.05, 4.69) is 23.7 Å². The van der Waals surface area contributed by atoms with Gasteiger partial charge in [-0.3, -0.25) is 14.8 Å². The van der Waals surface area contributed by atoms with Gasteiger partial charge in [0.25, 0.3) is 0 Å². The van der Waals surface area contributed by atoms with Gasteiger partial charge in [-0.15, -0.1) is 0 Å². The van der Waals surface area contributed by atoms with Gasteiger partial charge in [0, 0.05) is 49.2 Å². The van der Waals surface area contributed by atoms with Gasteiger partial charge in [-0.1, -0.05) is 13.8 Å². The number of nitrogens with zero attached hydrogens (tertiary/aromatic N) is 4. The van der Waals surface area contributed by atoms with Crippen molar-refractivity contribution in [2.24, 2.45) is 5.41 Å². The molecule has 9 heteroatoms. The molecule has 42 heavy (non-hydrogen) atoms. The third-order valence-corrected chi connectivity index (χ3v) is 7.76. The summed E-state index contributed by atoms with van der Waals surface area (Å²) >= 11 is 0. The lowest BCUT2D eigenvalue weighted by Gasteiger charge is -2.40. The highest BCUT2D eigenvalue weighted by atomic mass is 19.1. The van der Waals surface area contributed by atoms with Crippen LogP contribution >= 0.6 is 0 Å². The zero-order chi connectivity index (χ0) is 30.4. The Bertz CT molecular complexity index is 1370. The van der Waals surface area contributed by atoms with Crippen molar-refractivity contribution in [3.05, 3.63) is 59.8 Å². The van der Waals surface area contributed by atoms with E-state index < -0.39 is 0 Å². The van der Waals surface area contributed by atoms with Crippen molar-refractivity contribution in [3.8, 4) is 22.8 Å². The van der Waals surface area contributed by atoms with Crippen LogP contribution in [0.5, 0.6) is 11.5 Å². The molecule has 0 radical (unpaired) electrons. The topological polar surface area (TPSA) is 77.0 Å². The van der Waals surface area contributed by atoms with Crippen molar-refractivity contribution < 1.29 is 23.4 Å². The Morgan fingerprint density at radius 1 is 1.10 bits per heavy atom. The molecular formula is C33H43FN4O4. The van der Waals surface area contributed by atoms with Crippen LogP contribution < -0.4 is 19.3 Å². The van der Waals surface area contributed by atoms with Crippen LogP contribution in [0.15, 0.2) is 42.7 Å². The third kappa shape index (κ3) is 7.69. The molecule has 0 bridgehead atoms. The van der Waals surface area contributed by atoms with E-state index in [-0.39, 0.29) is 29.7 Å². The lowest BCUT2D eigenvalue weighted by Crippen LogP contribution is -2.38. The maximum Gasteiger partial charge on any atom is 0.310 e. The summed E-state index contributed by atoms with van der Waals surface area (Å²) in [4.78, 5) is 26.7. The highest BCUT2D eigenvalue weighted by Crippen LogP contribution is 2.39. The molecule has 3 heterocycles. The zero-order valence-electron chi connectivity index (χ0n) is 25.9. The molecule has 0 atom stereocenters. The number of methoxy groups -OCH3 is 1. The van der Waals surface area contributed by atoms with E-state index in [0.717, 1.165) is 59.8 Å². The minimum atomic E-state index is -0.374. The van der Waals surface area contributed by atoms with Gasteiger partial charge >= 0.3 is 5.97 Å². The lowest BCUT2D eigenvalue weighted by atomic mass is 9.82. The first-order valence-electron chi connectivity index (χ1n) is 14.5. The second-order valence-corrected chi connectivity index (χ2v) is 11.9. The highest BCUT2D eigenvalue weighted by Gasteiger charge is 2.30. The van der Waals surface area contributed by atoms with Crippen molar-refractivity contribution in [2.45, 2.75) is 60.0 Å². The van der Waals surface area contributed by atoms with Crippen LogP contribution in [0.3, 0.4) is 0 Å². The van der Waals surface area contributed by atoms with Crippen LogP contribution in [0.4, 0.5) is 15.8 Å². The molecule has 0 aliphatic carbocycles. The van der Waals surface area contributed by atoms with Gasteiger partial charge in [0.05, 0.1) is 49.4 Å². The molecule has 2 aromatic heterocycles. The van der Waals surface area contributed by atoms with Gasteiger partial charge < -0.3 is 24.0 Å². The van der Waals surface area contributed by atoms with E-state index in [9.17, 15) is 9.18 Å². The Hall–Kier alpha value is -3.88. The van der Waals surface area contributed by atoms with E-state index in [1.54, 1.807) is 6.07 Å². The normalized spacial score (nSPS) is 14.5. The van der Waals surface area contributed by atoms with Gasteiger partial charge in [-0.2, -0.15) is 0 Å². The van der Waals surface area contributed by atoms with E-state index in [1.807, 2.05) is 57.2 Å². The molecule has 1 saturated heterocycles. The minimum Gasteiger partial charge on any atom is -0.493 e. The predicted molar refractivity (Wildman–Crippen MR) is 164 cm³/mol. The van der Waals surface area contributed by atoms with E-state index >= 15 is 0 Å². The predicted octanol–water partition coefficient (Wildman–Crippen LogP) is 6.24. The first-order chi connectivity index (χ1) is 20.0. The quantitative estimate of drug-likeness (QED) is 0.248. The zero-order valence-corrected chi connectivity index (χ0v) is 25.9. The molecular weight excluding hydrogens is 535 g/mol. The number of aryl methyl sites for hydroxylation is 1. The van der Waals surface area contributed by atoms with Gasteiger partial charge in [-0.05, 0) is 63.3 Å². The monoisotopic (exact) mass is 578 g/mol. The highest BCUT2D eigenvalue weighted by molar-refractivity contribution is 5.84. The number of anilines is 2. The van der Waals surface area contributed by atoms with Crippen LogP contribution in [0, 0.1) is 18.2 Å². The van der Waals surface area contributed by atoms with Crippen LogP contribution in [0.25, 0.3) is 11.3 Å². The number of halogens is 1. The minimum absolute atomic E-state index is 0.166. The van der Waals surface area contributed by atoms with Crippen molar-refractivity contribution in [1.29, 1.82) is 0 Å². The SMILES string of the molecule is COc1cc(F)ccc1OCCN(C)c1ccc(-c2cnc(C)c(CC(=O)OC(C)C)c2N2CCC(C)(C)CC2)nc1. The average molecular weight is 579 g/mol. The number of carbonyl (C=O) groups is 1. The fourth-order valence-corrected chi connectivity index (χ4v) is 5.13. The third-order valence-electron chi connectivity index (χ3n) is 7.76. The molecule has 8 nitrogen and oxygen atoms in total. The maximum atomic E-state index is 13.5. The fraction of sp³-hybridized carbons (Fsp3) is 0.485. The molecule has 0 N–H and O–H groups in total. The molecule has 1 aliphatic rings. The van der Waals surface area contributed by atoms with Crippen LogP contribution in [0.2, 0.25) is 0 Å². The molecule has 0 amide bonds. The number of pyridine rings is 2. The smallest absolute Gasteiger partial charge is 0.310 e. The summed E-state index contributed by atoms with van der Waals surface area (Å²) < 4.78 is 30.1. The van der Waals surface area contributed by atoms with E-state index in [1.165, 1.54) is 19.2 Å². The molecule has 1 aromatic carbocycles. The number of hydrogen-bond acceptors (Lipinski definition) is 8. The number of ether oxygens (including phenoxy) is 3. The molecule has 226 valence electrons.